The minimum Gasteiger partial charge on any atom is -0.492 e. The van der Waals surface area contributed by atoms with E-state index in [0.29, 0.717) is 31.3 Å². The summed E-state index contributed by atoms with van der Waals surface area (Å²) in [6.45, 7) is 8.11. The third-order valence-corrected chi connectivity index (χ3v) is 13.0. The van der Waals surface area contributed by atoms with Crippen molar-refractivity contribution < 1.29 is 27.4 Å². The van der Waals surface area contributed by atoms with E-state index >= 15 is 0 Å². The van der Waals surface area contributed by atoms with E-state index in [2.05, 4.69) is 38.2 Å². The Kier molecular flexibility index (Phi) is 11.5. The Morgan fingerprint density at radius 1 is 0.750 bits per heavy atom. The van der Waals surface area contributed by atoms with Gasteiger partial charge in [-0.1, -0.05) is 54.6 Å². The van der Waals surface area contributed by atoms with Crippen molar-refractivity contribution in [1.82, 2.24) is 15.1 Å². The lowest BCUT2D eigenvalue weighted by atomic mass is 9.99. The van der Waals surface area contributed by atoms with Crippen LogP contribution in [0.4, 0.5) is 5.69 Å². The lowest BCUT2D eigenvalue weighted by molar-refractivity contribution is 0.0674. The number of benzene rings is 6. The number of carbonyl (C=O) groups is 1. The van der Waals surface area contributed by atoms with Crippen molar-refractivity contribution in [2.75, 3.05) is 63.6 Å². The number of fused-ring (bicyclic) bond motifs is 2. The molecule has 2 saturated heterocycles. The van der Waals surface area contributed by atoms with E-state index in [1.165, 1.54) is 6.26 Å². The Balaban J connectivity index is 0.823. The van der Waals surface area contributed by atoms with Crippen molar-refractivity contribution >= 4 is 32.2 Å². The van der Waals surface area contributed by atoms with Gasteiger partial charge in [-0.15, -0.1) is 0 Å². The van der Waals surface area contributed by atoms with Crippen LogP contribution in [0.5, 0.6) is 23.0 Å². The van der Waals surface area contributed by atoms with Gasteiger partial charge in [0, 0.05) is 80.3 Å². The quantitative estimate of drug-likeness (QED) is 0.124. The summed E-state index contributed by atoms with van der Waals surface area (Å²) >= 11 is 0. The molecule has 6 aromatic rings. The number of carbonyl (C=O) groups excluding carboxylic acids is 1. The van der Waals surface area contributed by atoms with Crippen molar-refractivity contribution in [1.29, 1.82) is 0 Å². The highest BCUT2D eigenvalue weighted by molar-refractivity contribution is 7.90. The molecule has 1 N–H and O–H groups in total. The van der Waals surface area contributed by atoms with Crippen LogP contribution >= 0.6 is 0 Å². The molecule has 0 spiro atoms. The van der Waals surface area contributed by atoms with Crippen LogP contribution in [0.3, 0.4) is 0 Å². The number of piperazine rings is 1. The standard InChI is InChI=1S/C49H50N4O6S/c1-60(55,56)44-19-10-36(11-20-44)45-21-12-37-30-43(58-34-35-6-3-2-4-7-35)18-22-46(37)48(45)59-42-16-14-41(15-17-42)57-29-28-51-24-26-52(27-25-51)39-13-9-38-33-53(49(54)47(38)31-39)40-8-5-23-50-32-40/h2-4,6-7,9-22,30-31,40,50H,5,8,23-29,32-34H2,1H3. The van der Waals surface area contributed by atoms with Crippen LogP contribution < -0.4 is 24.4 Å². The largest absolute Gasteiger partial charge is 0.492 e. The zero-order valence-electron chi connectivity index (χ0n) is 33.9. The van der Waals surface area contributed by atoms with E-state index in [4.69, 9.17) is 14.2 Å². The van der Waals surface area contributed by atoms with Crippen molar-refractivity contribution in [2.24, 2.45) is 0 Å². The van der Waals surface area contributed by atoms with Gasteiger partial charge in [-0.2, -0.15) is 0 Å². The number of nitrogens with one attached hydrogen (secondary N) is 1. The lowest BCUT2D eigenvalue weighted by Gasteiger charge is -2.36. The SMILES string of the molecule is CS(=O)(=O)c1ccc(-c2ccc3cc(OCc4ccccc4)ccc3c2Oc2ccc(OCCN3CCN(c4ccc5c(c4)C(=O)N(C4CCCNC4)C5)CC3)cc2)cc1. The molecular weight excluding hydrogens is 773 g/mol. The van der Waals surface area contributed by atoms with Crippen LogP contribution in [0.25, 0.3) is 21.9 Å². The highest BCUT2D eigenvalue weighted by atomic mass is 32.2. The molecule has 3 aliphatic heterocycles. The van der Waals surface area contributed by atoms with Crippen LogP contribution in [0, 0.1) is 0 Å². The summed E-state index contributed by atoms with van der Waals surface area (Å²) in [4.78, 5) is 20.5. The molecule has 3 aliphatic rings. The molecule has 11 heteroatoms. The molecule has 0 aromatic heterocycles. The second-order valence-electron chi connectivity index (χ2n) is 15.9. The van der Waals surface area contributed by atoms with Gasteiger partial charge in [0.1, 0.15) is 36.2 Å². The fraction of sp³-hybridized carbons (Fsp3) is 0.286. The smallest absolute Gasteiger partial charge is 0.254 e. The van der Waals surface area contributed by atoms with Crippen LogP contribution in [0.2, 0.25) is 0 Å². The Morgan fingerprint density at radius 2 is 1.52 bits per heavy atom. The van der Waals surface area contributed by atoms with E-state index in [1.54, 1.807) is 12.1 Å². The maximum Gasteiger partial charge on any atom is 0.254 e. The molecule has 0 bridgehead atoms. The molecule has 6 aromatic carbocycles. The molecule has 3 heterocycles. The first-order valence-electron chi connectivity index (χ1n) is 20.8. The van der Waals surface area contributed by atoms with E-state index in [9.17, 15) is 13.2 Å². The molecular formula is C49H50N4O6S. The van der Waals surface area contributed by atoms with Crippen molar-refractivity contribution in [2.45, 2.75) is 36.9 Å². The monoisotopic (exact) mass is 822 g/mol. The normalized spacial score (nSPS) is 17.1. The average molecular weight is 823 g/mol. The second-order valence-corrected chi connectivity index (χ2v) is 17.9. The molecule has 2 fully saturated rings. The fourth-order valence-corrected chi connectivity index (χ4v) is 9.11. The Morgan fingerprint density at radius 3 is 2.27 bits per heavy atom. The number of amides is 1. The first kappa shape index (κ1) is 39.6. The molecule has 10 nitrogen and oxygen atoms in total. The minimum absolute atomic E-state index is 0.174. The highest BCUT2D eigenvalue weighted by Gasteiger charge is 2.34. The van der Waals surface area contributed by atoms with Gasteiger partial charge in [0.25, 0.3) is 5.91 Å². The first-order chi connectivity index (χ1) is 29.2. The summed E-state index contributed by atoms with van der Waals surface area (Å²) in [5, 5.41) is 5.30. The van der Waals surface area contributed by atoms with Crippen LogP contribution in [-0.2, 0) is 23.0 Å². The molecule has 0 saturated carbocycles. The lowest BCUT2D eigenvalue weighted by Crippen LogP contribution is -2.47. The summed E-state index contributed by atoms with van der Waals surface area (Å²) in [6, 6.07) is 41.3. The number of hydrogen-bond donors (Lipinski definition) is 1. The van der Waals surface area contributed by atoms with Gasteiger partial charge in [-0.25, -0.2) is 8.42 Å². The fourth-order valence-electron chi connectivity index (χ4n) is 8.48. The molecule has 1 unspecified atom stereocenters. The van der Waals surface area contributed by atoms with Crippen molar-refractivity contribution in [3.8, 4) is 34.1 Å². The third kappa shape index (κ3) is 8.84. The van der Waals surface area contributed by atoms with E-state index in [0.717, 1.165) is 114 Å². The number of nitrogens with zero attached hydrogens (tertiary/aromatic N) is 3. The summed E-state index contributed by atoms with van der Waals surface area (Å²) in [7, 11) is -3.34. The van der Waals surface area contributed by atoms with Crippen LogP contribution in [-0.4, -0.2) is 88.8 Å². The van der Waals surface area contributed by atoms with Crippen molar-refractivity contribution in [3.05, 3.63) is 144 Å². The van der Waals surface area contributed by atoms with Crippen LogP contribution in [0.1, 0.15) is 34.3 Å². The molecule has 0 radical (unpaired) electrons. The van der Waals surface area contributed by atoms with Gasteiger partial charge < -0.3 is 29.3 Å². The molecule has 1 amide bonds. The van der Waals surface area contributed by atoms with Gasteiger partial charge in [-0.3, -0.25) is 9.69 Å². The average Bonchev–Trinajstić information content (AvgIpc) is 3.62. The number of rotatable bonds is 13. The topological polar surface area (TPSA) is 101 Å². The summed E-state index contributed by atoms with van der Waals surface area (Å²) < 4.78 is 43.4. The maximum absolute atomic E-state index is 13.4. The first-order valence-corrected chi connectivity index (χ1v) is 22.7. The second kappa shape index (κ2) is 17.4. The van der Waals surface area contributed by atoms with Gasteiger partial charge >= 0.3 is 0 Å². The van der Waals surface area contributed by atoms with Gasteiger partial charge in [0.2, 0.25) is 0 Å². The summed E-state index contributed by atoms with van der Waals surface area (Å²) in [6.07, 6.45) is 3.40. The van der Waals surface area contributed by atoms with Gasteiger partial charge in [0.05, 0.1) is 4.90 Å². The Hall–Kier alpha value is -5.88. The highest BCUT2D eigenvalue weighted by Crippen LogP contribution is 2.41. The Bertz CT molecular complexity index is 2570. The predicted molar refractivity (Wildman–Crippen MR) is 236 cm³/mol. The molecule has 1 atom stereocenters. The van der Waals surface area contributed by atoms with Crippen LogP contribution in [0.15, 0.2) is 132 Å². The molecule has 9 rings (SSSR count). The number of piperidine rings is 1. The number of ether oxygens (including phenoxy) is 3. The van der Waals surface area contributed by atoms with Gasteiger partial charge in [-0.05, 0) is 114 Å². The minimum atomic E-state index is -3.34. The maximum atomic E-state index is 13.4. The Labute approximate surface area is 352 Å². The van der Waals surface area contributed by atoms with Crippen molar-refractivity contribution in [3.63, 3.8) is 0 Å². The summed E-state index contributed by atoms with van der Waals surface area (Å²) in [5.74, 6) is 3.00. The number of anilines is 1. The van der Waals surface area contributed by atoms with E-state index < -0.39 is 9.84 Å². The predicted octanol–water partition coefficient (Wildman–Crippen LogP) is 8.19. The molecule has 0 aliphatic carbocycles. The van der Waals surface area contributed by atoms with E-state index in [-0.39, 0.29) is 16.8 Å². The summed E-state index contributed by atoms with van der Waals surface area (Å²) in [5.41, 5.74) is 5.90. The van der Waals surface area contributed by atoms with E-state index in [1.807, 2.05) is 97.1 Å². The molecule has 60 heavy (non-hydrogen) atoms. The number of hydrogen-bond acceptors (Lipinski definition) is 9. The van der Waals surface area contributed by atoms with Gasteiger partial charge in [0.15, 0.2) is 9.84 Å². The molecule has 308 valence electrons. The third-order valence-electron chi connectivity index (χ3n) is 11.9. The zero-order valence-corrected chi connectivity index (χ0v) is 34.7. The zero-order chi connectivity index (χ0) is 41.1. The number of sulfone groups is 1.